The smallest absolute Gasteiger partial charge is 0.153 e. The van der Waals surface area contributed by atoms with Crippen LogP contribution in [0.5, 0.6) is 5.75 Å². The zero-order valence-corrected chi connectivity index (χ0v) is 6.66. The van der Waals surface area contributed by atoms with Crippen LogP contribution >= 0.6 is 0 Å². The van der Waals surface area contributed by atoms with Crippen molar-refractivity contribution in [2.24, 2.45) is 0 Å². The van der Waals surface area contributed by atoms with Crippen molar-refractivity contribution < 1.29 is 9.90 Å². The van der Waals surface area contributed by atoms with Crippen LogP contribution in [0.2, 0.25) is 0 Å². The number of phenols is 1. The SMILES string of the molecule is C=CCc1ccc(C=O)c(O)c1. The van der Waals surface area contributed by atoms with E-state index in [0.717, 1.165) is 5.56 Å². The van der Waals surface area contributed by atoms with Gasteiger partial charge in [-0.25, -0.2) is 0 Å². The first kappa shape index (κ1) is 8.53. The minimum Gasteiger partial charge on any atom is -0.507 e. The van der Waals surface area contributed by atoms with Crippen molar-refractivity contribution in [2.45, 2.75) is 6.42 Å². The molecule has 1 aromatic carbocycles. The molecule has 0 spiro atoms. The molecule has 1 N–H and O–H groups in total. The molecule has 2 heteroatoms. The van der Waals surface area contributed by atoms with Gasteiger partial charge in [-0.15, -0.1) is 6.58 Å². The van der Waals surface area contributed by atoms with Gasteiger partial charge < -0.3 is 5.11 Å². The monoisotopic (exact) mass is 162 g/mol. The van der Waals surface area contributed by atoms with E-state index in [9.17, 15) is 9.90 Å². The molecule has 12 heavy (non-hydrogen) atoms. The summed E-state index contributed by atoms with van der Waals surface area (Å²) in [5.41, 5.74) is 1.27. The van der Waals surface area contributed by atoms with Gasteiger partial charge in [0.1, 0.15) is 5.75 Å². The number of allylic oxidation sites excluding steroid dienone is 1. The van der Waals surface area contributed by atoms with Gasteiger partial charge in [-0.1, -0.05) is 12.1 Å². The first-order chi connectivity index (χ1) is 5.77. The van der Waals surface area contributed by atoms with Gasteiger partial charge in [0, 0.05) is 0 Å². The third-order valence-corrected chi connectivity index (χ3v) is 1.60. The number of benzene rings is 1. The fraction of sp³-hybridized carbons (Fsp3) is 0.100. The average Bonchev–Trinajstić information content (AvgIpc) is 2.05. The molecule has 0 amide bonds. The molecule has 0 unspecified atom stereocenters. The molecule has 0 aliphatic carbocycles. The van der Waals surface area contributed by atoms with Crippen molar-refractivity contribution in [3.63, 3.8) is 0 Å². The highest BCUT2D eigenvalue weighted by Gasteiger charge is 1.99. The van der Waals surface area contributed by atoms with E-state index in [0.29, 0.717) is 18.3 Å². The van der Waals surface area contributed by atoms with Crippen LogP contribution in [-0.2, 0) is 6.42 Å². The van der Waals surface area contributed by atoms with Gasteiger partial charge in [0.15, 0.2) is 6.29 Å². The number of hydrogen-bond donors (Lipinski definition) is 1. The molecule has 1 rings (SSSR count). The molecule has 2 nitrogen and oxygen atoms in total. The van der Waals surface area contributed by atoms with Gasteiger partial charge in [0.05, 0.1) is 5.56 Å². The van der Waals surface area contributed by atoms with Gasteiger partial charge in [-0.2, -0.15) is 0 Å². The van der Waals surface area contributed by atoms with Gasteiger partial charge in [-0.3, -0.25) is 4.79 Å². The summed E-state index contributed by atoms with van der Waals surface area (Å²) in [5, 5.41) is 9.25. The molecule has 0 aliphatic heterocycles. The summed E-state index contributed by atoms with van der Waals surface area (Å²) in [6, 6.07) is 4.97. The molecular formula is C10H10O2. The molecule has 1 aromatic rings. The van der Waals surface area contributed by atoms with Crippen molar-refractivity contribution in [1.82, 2.24) is 0 Å². The minimum absolute atomic E-state index is 0.0318. The normalized spacial score (nSPS) is 9.33. The zero-order chi connectivity index (χ0) is 8.97. The van der Waals surface area contributed by atoms with Gasteiger partial charge in [0.25, 0.3) is 0 Å². The molecule has 0 heterocycles. The minimum atomic E-state index is 0.0318. The average molecular weight is 162 g/mol. The summed E-state index contributed by atoms with van der Waals surface area (Å²) in [7, 11) is 0. The van der Waals surface area contributed by atoms with Crippen molar-refractivity contribution in [3.05, 3.63) is 42.0 Å². The summed E-state index contributed by atoms with van der Waals surface area (Å²) in [6.45, 7) is 3.58. The quantitative estimate of drug-likeness (QED) is 0.544. The Kier molecular flexibility index (Phi) is 2.64. The Bertz CT molecular complexity index is 303. The maximum Gasteiger partial charge on any atom is 0.153 e. The van der Waals surface area contributed by atoms with Crippen molar-refractivity contribution >= 4 is 6.29 Å². The fourth-order valence-electron chi connectivity index (χ4n) is 0.983. The topological polar surface area (TPSA) is 37.3 Å². The van der Waals surface area contributed by atoms with Crippen LogP contribution in [0.1, 0.15) is 15.9 Å². The third kappa shape index (κ3) is 1.72. The van der Waals surface area contributed by atoms with E-state index in [1.165, 1.54) is 0 Å². The van der Waals surface area contributed by atoms with E-state index >= 15 is 0 Å². The van der Waals surface area contributed by atoms with Crippen molar-refractivity contribution in [3.8, 4) is 5.75 Å². The Morgan fingerprint density at radius 3 is 2.75 bits per heavy atom. The Hall–Kier alpha value is -1.57. The third-order valence-electron chi connectivity index (χ3n) is 1.60. The highest BCUT2D eigenvalue weighted by molar-refractivity contribution is 5.79. The predicted octanol–water partition coefficient (Wildman–Crippen LogP) is 1.93. The summed E-state index contributed by atoms with van der Waals surface area (Å²) in [4.78, 5) is 10.3. The zero-order valence-electron chi connectivity index (χ0n) is 6.66. The Balaban J connectivity index is 3.00. The van der Waals surface area contributed by atoms with Crippen molar-refractivity contribution in [2.75, 3.05) is 0 Å². The summed E-state index contributed by atoms with van der Waals surface area (Å²) >= 11 is 0. The fourth-order valence-corrected chi connectivity index (χ4v) is 0.983. The van der Waals surface area contributed by atoms with Crippen LogP contribution in [-0.4, -0.2) is 11.4 Å². The number of hydrogen-bond acceptors (Lipinski definition) is 2. The molecule has 0 saturated carbocycles. The highest BCUT2D eigenvalue weighted by Crippen LogP contribution is 2.17. The first-order valence-corrected chi connectivity index (χ1v) is 3.66. The van der Waals surface area contributed by atoms with Gasteiger partial charge >= 0.3 is 0 Å². The largest absolute Gasteiger partial charge is 0.507 e. The summed E-state index contributed by atoms with van der Waals surface area (Å²) in [6.07, 6.45) is 3.08. The standard InChI is InChI=1S/C10H10O2/c1-2-3-8-4-5-9(7-11)10(12)6-8/h2,4-7,12H,1,3H2. The molecule has 0 fully saturated rings. The lowest BCUT2D eigenvalue weighted by Crippen LogP contribution is -1.85. The van der Waals surface area contributed by atoms with Gasteiger partial charge in [0.2, 0.25) is 0 Å². The number of aldehydes is 1. The predicted molar refractivity (Wildman–Crippen MR) is 47.4 cm³/mol. The lowest BCUT2D eigenvalue weighted by atomic mass is 10.1. The van der Waals surface area contributed by atoms with E-state index in [-0.39, 0.29) is 5.75 Å². The van der Waals surface area contributed by atoms with Gasteiger partial charge in [-0.05, 0) is 24.1 Å². The number of aromatic hydroxyl groups is 1. The lowest BCUT2D eigenvalue weighted by Gasteiger charge is -1.99. The molecule has 0 bridgehead atoms. The van der Waals surface area contributed by atoms with Crippen LogP contribution in [0.4, 0.5) is 0 Å². The number of phenolic OH excluding ortho intramolecular Hbond substituents is 1. The van der Waals surface area contributed by atoms with Crippen LogP contribution < -0.4 is 0 Å². The lowest BCUT2D eigenvalue weighted by molar-refractivity contribution is 0.112. The maximum atomic E-state index is 10.3. The second-order valence-corrected chi connectivity index (χ2v) is 2.50. The van der Waals surface area contributed by atoms with Crippen LogP contribution in [0.15, 0.2) is 30.9 Å². The highest BCUT2D eigenvalue weighted by atomic mass is 16.3. The molecular weight excluding hydrogens is 152 g/mol. The molecule has 0 saturated heterocycles. The molecule has 0 aromatic heterocycles. The number of rotatable bonds is 3. The van der Waals surface area contributed by atoms with E-state index < -0.39 is 0 Å². The van der Waals surface area contributed by atoms with E-state index in [2.05, 4.69) is 6.58 Å². The Labute approximate surface area is 71.2 Å². The molecule has 0 radical (unpaired) electrons. The second-order valence-electron chi connectivity index (χ2n) is 2.50. The first-order valence-electron chi connectivity index (χ1n) is 3.66. The molecule has 62 valence electrons. The van der Waals surface area contributed by atoms with E-state index in [1.807, 2.05) is 0 Å². The van der Waals surface area contributed by atoms with E-state index in [4.69, 9.17) is 0 Å². The summed E-state index contributed by atoms with van der Waals surface area (Å²) < 4.78 is 0. The maximum absolute atomic E-state index is 10.3. The van der Waals surface area contributed by atoms with Crippen LogP contribution in [0.3, 0.4) is 0 Å². The Morgan fingerprint density at radius 1 is 1.50 bits per heavy atom. The Morgan fingerprint density at radius 2 is 2.25 bits per heavy atom. The van der Waals surface area contributed by atoms with E-state index in [1.54, 1.807) is 24.3 Å². The van der Waals surface area contributed by atoms with Crippen LogP contribution in [0.25, 0.3) is 0 Å². The van der Waals surface area contributed by atoms with Crippen molar-refractivity contribution in [1.29, 1.82) is 0 Å². The molecule has 0 atom stereocenters. The number of carbonyl (C=O) groups excluding carboxylic acids is 1. The summed E-state index contributed by atoms with van der Waals surface area (Å²) in [5.74, 6) is 0.0318. The van der Waals surface area contributed by atoms with Crippen LogP contribution in [0, 0.1) is 0 Å². The molecule has 0 aliphatic rings. The second kappa shape index (κ2) is 3.72. The number of carbonyl (C=O) groups is 1.